The van der Waals surface area contributed by atoms with Crippen molar-refractivity contribution in [3.63, 3.8) is 0 Å². The Morgan fingerprint density at radius 1 is 1.38 bits per heavy atom. The number of amides is 2. The molecule has 2 fully saturated rings. The third kappa shape index (κ3) is 3.28. The average Bonchev–Trinajstić information content (AvgIpc) is 2.93. The topological polar surface area (TPSA) is 58.6 Å². The van der Waals surface area contributed by atoms with Gasteiger partial charge in [-0.15, -0.1) is 6.58 Å². The number of carbonyl (C=O) groups is 2. The minimum Gasteiger partial charge on any atom is -0.379 e. The van der Waals surface area contributed by atoms with Gasteiger partial charge in [0.25, 0.3) is 0 Å². The van der Waals surface area contributed by atoms with Gasteiger partial charge < -0.3 is 15.0 Å². The van der Waals surface area contributed by atoms with Gasteiger partial charge in [-0.25, -0.2) is 0 Å². The van der Waals surface area contributed by atoms with Crippen molar-refractivity contribution in [1.82, 2.24) is 10.2 Å². The lowest BCUT2D eigenvalue weighted by Gasteiger charge is -2.44. The Balaban J connectivity index is 2.01. The fourth-order valence-electron chi connectivity index (χ4n) is 3.34. The Kier molecular flexibility index (Phi) is 5.39. The molecule has 0 aromatic carbocycles. The summed E-state index contributed by atoms with van der Waals surface area (Å²) in [5.74, 6) is 0.0730. The van der Waals surface area contributed by atoms with E-state index in [2.05, 4.69) is 11.9 Å². The SMILES string of the molecule is C=CCCOCCN1C(=O)C2(CCCC2)NC(=O)C1CC. The Labute approximate surface area is 126 Å². The number of hydrogen-bond acceptors (Lipinski definition) is 3. The molecular weight excluding hydrogens is 268 g/mol. The predicted octanol–water partition coefficient (Wildman–Crippen LogP) is 1.63. The summed E-state index contributed by atoms with van der Waals surface area (Å²) in [6.07, 6.45) is 6.79. The zero-order chi connectivity index (χ0) is 15.3. The number of ether oxygens (including phenoxy) is 1. The fourth-order valence-corrected chi connectivity index (χ4v) is 3.34. The van der Waals surface area contributed by atoms with Gasteiger partial charge in [-0.1, -0.05) is 25.8 Å². The van der Waals surface area contributed by atoms with Gasteiger partial charge in [0, 0.05) is 6.54 Å². The Morgan fingerprint density at radius 3 is 2.71 bits per heavy atom. The van der Waals surface area contributed by atoms with Crippen LogP contribution >= 0.6 is 0 Å². The third-order valence-electron chi connectivity index (χ3n) is 4.50. The largest absolute Gasteiger partial charge is 0.379 e. The first-order valence-electron chi connectivity index (χ1n) is 7.96. The van der Waals surface area contributed by atoms with Crippen LogP contribution in [0.5, 0.6) is 0 Å². The molecule has 0 radical (unpaired) electrons. The Morgan fingerprint density at radius 2 is 2.10 bits per heavy atom. The van der Waals surface area contributed by atoms with E-state index in [1.54, 1.807) is 4.90 Å². The van der Waals surface area contributed by atoms with E-state index < -0.39 is 5.54 Å². The highest BCUT2D eigenvalue weighted by Gasteiger charge is 2.51. The summed E-state index contributed by atoms with van der Waals surface area (Å²) < 4.78 is 5.51. The van der Waals surface area contributed by atoms with Crippen molar-refractivity contribution in [3.8, 4) is 0 Å². The van der Waals surface area contributed by atoms with Gasteiger partial charge in [0.1, 0.15) is 11.6 Å². The first-order chi connectivity index (χ1) is 10.1. The van der Waals surface area contributed by atoms with Crippen molar-refractivity contribution in [2.45, 2.75) is 57.0 Å². The van der Waals surface area contributed by atoms with Crippen LogP contribution in [0.2, 0.25) is 0 Å². The second kappa shape index (κ2) is 7.07. The molecule has 1 aliphatic heterocycles. The highest BCUT2D eigenvalue weighted by molar-refractivity contribution is 6.00. The van der Waals surface area contributed by atoms with E-state index >= 15 is 0 Å². The average molecular weight is 294 g/mol. The number of carbonyl (C=O) groups excluding carboxylic acids is 2. The lowest BCUT2D eigenvalue weighted by molar-refractivity contribution is -0.155. The zero-order valence-electron chi connectivity index (χ0n) is 12.9. The molecule has 1 spiro atoms. The maximum absolute atomic E-state index is 12.8. The van der Waals surface area contributed by atoms with Crippen LogP contribution in [0.25, 0.3) is 0 Å². The molecule has 1 saturated carbocycles. The van der Waals surface area contributed by atoms with Crippen molar-refractivity contribution in [1.29, 1.82) is 0 Å². The van der Waals surface area contributed by atoms with Crippen LogP contribution < -0.4 is 5.32 Å². The lowest BCUT2D eigenvalue weighted by atomic mass is 9.90. The molecule has 5 nitrogen and oxygen atoms in total. The third-order valence-corrected chi connectivity index (χ3v) is 4.50. The highest BCUT2D eigenvalue weighted by Crippen LogP contribution is 2.34. The van der Waals surface area contributed by atoms with Gasteiger partial charge >= 0.3 is 0 Å². The van der Waals surface area contributed by atoms with Crippen LogP contribution in [-0.4, -0.2) is 48.1 Å². The minimum atomic E-state index is -0.635. The normalized spacial score (nSPS) is 24.4. The van der Waals surface area contributed by atoms with Crippen molar-refractivity contribution in [3.05, 3.63) is 12.7 Å². The van der Waals surface area contributed by atoms with E-state index in [1.807, 2.05) is 13.0 Å². The van der Waals surface area contributed by atoms with E-state index in [0.717, 1.165) is 32.1 Å². The van der Waals surface area contributed by atoms with E-state index in [4.69, 9.17) is 4.74 Å². The Bertz CT molecular complexity index is 402. The molecule has 2 amide bonds. The van der Waals surface area contributed by atoms with Crippen LogP contribution in [0, 0.1) is 0 Å². The van der Waals surface area contributed by atoms with Gasteiger partial charge in [-0.2, -0.15) is 0 Å². The summed E-state index contributed by atoms with van der Waals surface area (Å²) in [5, 5.41) is 3.00. The molecule has 0 aromatic rings. The quantitative estimate of drug-likeness (QED) is 0.573. The molecular formula is C16H26N2O3. The number of piperazine rings is 1. The molecule has 2 aliphatic rings. The fraction of sp³-hybridized carbons (Fsp3) is 0.750. The second-order valence-electron chi connectivity index (χ2n) is 5.89. The van der Waals surface area contributed by atoms with E-state index in [9.17, 15) is 9.59 Å². The van der Waals surface area contributed by atoms with E-state index in [0.29, 0.717) is 26.2 Å². The predicted molar refractivity (Wildman–Crippen MR) is 80.8 cm³/mol. The molecule has 0 bridgehead atoms. The molecule has 1 atom stereocenters. The van der Waals surface area contributed by atoms with Gasteiger partial charge in [0.05, 0.1) is 13.2 Å². The van der Waals surface area contributed by atoms with Crippen LogP contribution in [-0.2, 0) is 14.3 Å². The lowest BCUT2D eigenvalue weighted by Crippen LogP contribution is -2.69. The summed E-state index contributed by atoms with van der Waals surface area (Å²) in [6, 6.07) is -0.355. The number of hydrogen-bond donors (Lipinski definition) is 1. The maximum atomic E-state index is 12.8. The summed E-state index contributed by atoms with van der Waals surface area (Å²) >= 11 is 0. The van der Waals surface area contributed by atoms with Gasteiger partial charge in [-0.3, -0.25) is 9.59 Å². The molecule has 118 valence electrons. The number of nitrogens with one attached hydrogen (secondary N) is 1. The summed E-state index contributed by atoms with van der Waals surface area (Å²) in [6.45, 7) is 7.16. The molecule has 5 heteroatoms. The Hall–Kier alpha value is -1.36. The summed E-state index contributed by atoms with van der Waals surface area (Å²) in [5.41, 5.74) is -0.635. The zero-order valence-corrected chi connectivity index (χ0v) is 12.9. The van der Waals surface area contributed by atoms with Crippen molar-refractivity contribution >= 4 is 11.8 Å². The van der Waals surface area contributed by atoms with Gasteiger partial charge in [-0.05, 0) is 25.7 Å². The van der Waals surface area contributed by atoms with Crippen LogP contribution in [0.15, 0.2) is 12.7 Å². The molecule has 0 aromatic heterocycles. The smallest absolute Gasteiger partial charge is 0.249 e. The molecule has 1 aliphatic carbocycles. The minimum absolute atomic E-state index is 0.00917. The van der Waals surface area contributed by atoms with E-state index in [-0.39, 0.29) is 17.9 Å². The van der Waals surface area contributed by atoms with Crippen molar-refractivity contribution < 1.29 is 14.3 Å². The van der Waals surface area contributed by atoms with Gasteiger partial charge in [0.2, 0.25) is 11.8 Å². The van der Waals surface area contributed by atoms with Crippen molar-refractivity contribution in [2.24, 2.45) is 0 Å². The number of rotatable bonds is 7. The first kappa shape index (κ1) is 16.0. The van der Waals surface area contributed by atoms with Crippen LogP contribution in [0.1, 0.15) is 45.4 Å². The monoisotopic (exact) mass is 294 g/mol. The summed E-state index contributed by atoms with van der Waals surface area (Å²) in [4.78, 5) is 26.9. The van der Waals surface area contributed by atoms with Crippen LogP contribution in [0.3, 0.4) is 0 Å². The van der Waals surface area contributed by atoms with Crippen molar-refractivity contribution in [2.75, 3.05) is 19.8 Å². The van der Waals surface area contributed by atoms with Gasteiger partial charge in [0.15, 0.2) is 0 Å². The maximum Gasteiger partial charge on any atom is 0.249 e. The van der Waals surface area contributed by atoms with E-state index in [1.165, 1.54) is 0 Å². The molecule has 1 saturated heterocycles. The highest BCUT2D eigenvalue weighted by atomic mass is 16.5. The molecule has 1 N–H and O–H groups in total. The van der Waals surface area contributed by atoms with Crippen LogP contribution in [0.4, 0.5) is 0 Å². The molecule has 1 heterocycles. The standard InChI is InChI=1S/C16H26N2O3/c1-3-5-11-21-12-10-18-13(4-2)14(19)17-16(15(18)20)8-6-7-9-16/h3,13H,1,4-12H2,2H3,(H,17,19). The molecule has 2 rings (SSSR count). The first-order valence-corrected chi connectivity index (χ1v) is 7.96. The summed E-state index contributed by atoms with van der Waals surface area (Å²) in [7, 11) is 0. The number of nitrogens with zero attached hydrogens (tertiary/aromatic N) is 1. The molecule has 1 unspecified atom stereocenters. The second-order valence-corrected chi connectivity index (χ2v) is 5.89. The molecule has 21 heavy (non-hydrogen) atoms.